The van der Waals surface area contributed by atoms with Crippen LogP contribution in [-0.4, -0.2) is 51.2 Å². The Kier molecular flexibility index (Phi) is 4.75. The molecule has 2 atom stereocenters. The second-order valence-electron chi connectivity index (χ2n) is 9.32. The highest BCUT2D eigenvalue weighted by Gasteiger charge is 2.48. The molecule has 0 spiro atoms. The van der Waals surface area contributed by atoms with Crippen LogP contribution in [-0.2, 0) is 10.5 Å². The van der Waals surface area contributed by atoms with Crippen molar-refractivity contribution in [2.24, 2.45) is 5.92 Å². The first-order valence-corrected chi connectivity index (χ1v) is 11.0. The zero-order chi connectivity index (χ0) is 20.9. The number of nitrogens with zero attached hydrogens (tertiary/aromatic N) is 5. The van der Waals surface area contributed by atoms with Gasteiger partial charge in [-0.3, -0.25) is 4.79 Å². The highest BCUT2D eigenvalue weighted by molar-refractivity contribution is 5.81. The van der Waals surface area contributed by atoms with Gasteiger partial charge in [-0.2, -0.15) is 0 Å². The molecule has 1 aliphatic carbocycles. The molecule has 3 saturated heterocycles. The molecule has 4 fully saturated rings. The number of piperidine rings is 1. The average molecular weight is 413 g/mol. The summed E-state index contributed by atoms with van der Waals surface area (Å²) in [4.78, 5) is 21.9. The normalized spacial score (nSPS) is 24.6. The van der Waals surface area contributed by atoms with Crippen LogP contribution in [0, 0.1) is 5.92 Å². The fourth-order valence-electron chi connectivity index (χ4n) is 5.00. The van der Waals surface area contributed by atoms with Crippen LogP contribution >= 0.6 is 0 Å². The Balaban J connectivity index is 1.24. The first-order valence-electron chi connectivity index (χ1n) is 11.0. The van der Waals surface area contributed by atoms with Crippen LogP contribution in [0.3, 0.4) is 0 Å². The molecule has 7 nitrogen and oxygen atoms in total. The molecular weight excluding hydrogens is 385 g/mol. The molecule has 2 unspecified atom stereocenters. The van der Waals surface area contributed by atoms with E-state index in [4.69, 9.17) is 4.42 Å². The molecule has 30 heavy (non-hydrogen) atoms. The average Bonchev–Trinajstić information content (AvgIpc) is 3.25. The Morgan fingerprint density at radius 3 is 2.47 bits per heavy atom. The second-order valence-corrected chi connectivity index (χ2v) is 9.32. The van der Waals surface area contributed by atoms with Crippen molar-refractivity contribution in [1.82, 2.24) is 20.1 Å². The van der Waals surface area contributed by atoms with E-state index in [0.29, 0.717) is 23.6 Å². The predicted molar refractivity (Wildman–Crippen MR) is 109 cm³/mol. The predicted octanol–water partition coefficient (Wildman–Crippen LogP) is 3.71. The maximum absolute atomic E-state index is 14.0. The number of carbonyl (C=O) groups excluding carboxylic acids is 1. The standard InChI is InChI=1S/C22H28FN5O2/c1-22(2,23)21-26-25-19(30-21)15-8-9-18(24-11-15)27-12-16-10-17(13-27)28(16)20(29)14-6-4-3-5-7-14/h8-9,11,14,16-17H,3-7,10,12-13H2,1-2H3. The lowest BCUT2D eigenvalue weighted by Gasteiger charge is -2.57. The molecule has 8 heteroatoms. The number of carbonyl (C=O) groups is 1. The molecule has 1 amide bonds. The summed E-state index contributed by atoms with van der Waals surface area (Å²) in [6, 6.07) is 4.39. The molecule has 0 radical (unpaired) electrons. The summed E-state index contributed by atoms with van der Waals surface area (Å²) in [5.74, 6) is 1.72. The van der Waals surface area contributed by atoms with E-state index in [1.165, 1.54) is 33.1 Å². The maximum Gasteiger partial charge on any atom is 0.253 e. The van der Waals surface area contributed by atoms with Crippen LogP contribution in [0.4, 0.5) is 10.2 Å². The fourth-order valence-corrected chi connectivity index (χ4v) is 5.00. The van der Waals surface area contributed by atoms with Crippen LogP contribution in [0.25, 0.3) is 11.5 Å². The zero-order valence-corrected chi connectivity index (χ0v) is 17.6. The minimum absolute atomic E-state index is 0.0413. The summed E-state index contributed by atoms with van der Waals surface area (Å²) in [6.07, 6.45) is 8.53. The molecule has 0 aromatic carbocycles. The van der Waals surface area contributed by atoms with Crippen molar-refractivity contribution in [3.63, 3.8) is 0 Å². The smallest absolute Gasteiger partial charge is 0.253 e. The fraction of sp³-hybridized carbons (Fsp3) is 0.636. The third-order valence-corrected chi connectivity index (χ3v) is 6.65. The third-order valence-electron chi connectivity index (χ3n) is 6.65. The van der Waals surface area contributed by atoms with Crippen LogP contribution in [0.2, 0.25) is 0 Å². The van der Waals surface area contributed by atoms with Crippen molar-refractivity contribution in [2.75, 3.05) is 18.0 Å². The summed E-state index contributed by atoms with van der Waals surface area (Å²) >= 11 is 0. The molecule has 0 N–H and O–H groups in total. The van der Waals surface area contributed by atoms with Gasteiger partial charge in [-0.15, -0.1) is 10.2 Å². The second kappa shape index (κ2) is 7.32. The van der Waals surface area contributed by atoms with Crippen molar-refractivity contribution in [1.29, 1.82) is 0 Å². The number of rotatable bonds is 4. The molecule has 2 aromatic rings. The van der Waals surface area contributed by atoms with Gasteiger partial charge in [-0.25, -0.2) is 9.37 Å². The Hall–Kier alpha value is -2.51. The maximum atomic E-state index is 14.0. The Morgan fingerprint density at radius 2 is 1.87 bits per heavy atom. The van der Waals surface area contributed by atoms with Gasteiger partial charge in [0.05, 0.1) is 17.6 Å². The molecular formula is C22H28FN5O2. The lowest BCUT2D eigenvalue weighted by atomic mass is 9.82. The van der Waals surface area contributed by atoms with E-state index in [-0.39, 0.29) is 17.7 Å². The molecule has 6 rings (SSSR count). The molecule has 2 bridgehead atoms. The molecule has 2 aromatic heterocycles. The summed E-state index contributed by atoms with van der Waals surface area (Å²) in [7, 11) is 0. The molecule has 1 saturated carbocycles. The van der Waals surface area contributed by atoms with Gasteiger partial charge < -0.3 is 14.2 Å². The molecule has 3 aliphatic heterocycles. The number of hydrogen-bond donors (Lipinski definition) is 0. The van der Waals surface area contributed by atoms with Crippen LogP contribution in [0.1, 0.15) is 58.3 Å². The van der Waals surface area contributed by atoms with E-state index >= 15 is 0 Å². The summed E-state index contributed by atoms with van der Waals surface area (Å²) in [5, 5.41) is 7.72. The third kappa shape index (κ3) is 3.46. The van der Waals surface area contributed by atoms with Gasteiger partial charge in [0.1, 0.15) is 5.82 Å². The van der Waals surface area contributed by atoms with Gasteiger partial charge in [0.25, 0.3) is 5.89 Å². The Morgan fingerprint density at radius 1 is 1.13 bits per heavy atom. The quantitative estimate of drug-likeness (QED) is 0.761. The van der Waals surface area contributed by atoms with Crippen LogP contribution in [0.15, 0.2) is 22.7 Å². The summed E-state index contributed by atoms with van der Waals surface area (Å²) in [6.45, 7) is 4.41. The van der Waals surface area contributed by atoms with Crippen LogP contribution in [0.5, 0.6) is 0 Å². The van der Waals surface area contributed by atoms with Gasteiger partial charge in [-0.05, 0) is 45.2 Å². The number of aromatic nitrogens is 3. The minimum atomic E-state index is -1.67. The van der Waals surface area contributed by atoms with Gasteiger partial charge >= 0.3 is 0 Å². The van der Waals surface area contributed by atoms with E-state index in [9.17, 15) is 9.18 Å². The van der Waals surface area contributed by atoms with Crippen molar-refractivity contribution < 1.29 is 13.6 Å². The summed E-state index contributed by atoms with van der Waals surface area (Å²) in [5.41, 5.74) is -1.01. The zero-order valence-electron chi connectivity index (χ0n) is 17.6. The lowest BCUT2D eigenvalue weighted by Crippen LogP contribution is -2.71. The molecule has 160 valence electrons. The van der Waals surface area contributed by atoms with Gasteiger partial charge in [-0.1, -0.05) is 19.3 Å². The molecule has 5 heterocycles. The van der Waals surface area contributed by atoms with Crippen molar-refractivity contribution >= 4 is 11.7 Å². The number of alkyl halides is 1. The van der Waals surface area contributed by atoms with E-state index in [0.717, 1.165) is 38.2 Å². The number of hydrogen-bond acceptors (Lipinski definition) is 6. The monoisotopic (exact) mass is 413 g/mol. The van der Waals surface area contributed by atoms with E-state index < -0.39 is 5.67 Å². The van der Waals surface area contributed by atoms with Crippen molar-refractivity contribution in [3.8, 4) is 11.5 Å². The number of anilines is 1. The topological polar surface area (TPSA) is 75.4 Å². The van der Waals surface area contributed by atoms with Crippen molar-refractivity contribution in [3.05, 3.63) is 24.2 Å². The van der Waals surface area contributed by atoms with Gasteiger partial charge in [0.2, 0.25) is 11.8 Å². The summed E-state index contributed by atoms with van der Waals surface area (Å²) < 4.78 is 19.4. The Labute approximate surface area is 175 Å². The largest absolute Gasteiger partial charge is 0.417 e. The van der Waals surface area contributed by atoms with E-state index in [1.807, 2.05) is 12.1 Å². The van der Waals surface area contributed by atoms with Crippen molar-refractivity contribution in [2.45, 2.75) is 70.1 Å². The lowest BCUT2D eigenvalue weighted by molar-refractivity contribution is -0.151. The number of pyridine rings is 1. The first kappa shape index (κ1) is 19.5. The number of fused-ring (bicyclic) bond motifs is 2. The first-order chi connectivity index (χ1) is 14.4. The number of amides is 1. The SMILES string of the molecule is CC(C)(F)c1nnc(-c2ccc(N3CC4CC(C3)N4C(=O)C3CCCCC3)nc2)o1. The van der Waals surface area contributed by atoms with Crippen LogP contribution < -0.4 is 4.90 Å². The van der Waals surface area contributed by atoms with E-state index in [2.05, 4.69) is 25.0 Å². The number of piperazine rings is 1. The minimum Gasteiger partial charge on any atom is -0.417 e. The molecule has 4 aliphatic rings. The highest BCUT2D eigenvalue weighted by Crippen LogP contribution is 2.38. The van der Waals surface area contributed by atoms with Gasteiger partial charge in [0.15, 0.2) is 5.67 Å². The Bertz CT molecular complexity index is 904. The van der Waals surface area contributed by atoms with Gasteiger partial charge in [0, 0.05) is 25.2 Å². The highest BCUT2D eigenvalue weighted by atomic mass is 19.1. The number of halogens is 1. The van der Waals surface area contributed by atoms with E-state index in [1.54, 1.807) is 6.20 Å².